The van der Waals surface area contributed by atoms with E-state index in [1.165, 1.54) is 4.88 Å². The van der Waals surface area contributed by atoms with Gasteiger partial charge in [-0.1, -0.05) is 24.3 Å². The number of nitrogens with zero attached hydrogens (tertiary/aromatic N) is 2. The summed E-state index contributed by atoms with van der Waals surface area (Å²) in [7, 11) is 0. The Morgan fingerprint density at radius 2 is 2.05 bits per heavy atom. The summed E-state index contributed by atoms with van der Waals surface area (Å²) in [5, 5.41) is 3.26. The number of anilines is 1. The van der Waals surface area contributed by atoms with Gasteiger partial charge in [0.15, 0.2) is 0 Å². The molecule has 2 aromatic heterocycles. The number of para-hydroxylation sites is 1. The molecule has 0 unspecified atom stereocenters. The standard InChI is InChI=1S/C17H19N3S/c1-2-20(12-15-7-5-9-21-15)17-14(11-18)10-13-6-3-4-8-16(13)19-17/h3-10H,2,11-12,18H2,1H3. The smallest absolute Gasteiger partial charge is 0.134 e. The van der Waals surface area contributed by atoms with Crippen LogP contribution in [-0.2, 0) is 13.1 Å². The first kappa shape index (κ1) is 14.0. The van der Waals surface area contributed by atoms with Crippen molar-refractivity contribution in [3.63, 3.8) is 0 Å². The lowest BCUT2D eigenvalue weighted by molar-refractivity contribution is 0.814. The van der Waals surface area contributed by atoms with E-state index in [9.17, 15) is 0 Å². The van der Waals surface area contributed by atoms with Crippen molar-refractivity contribution in [3.8, 4) is 0 Å². The van der Waals surface area contributed by atoms with Crippen LogP contribution in [0.15, 0.2) is 47.8 Å². The lowest BCUT2D eigenvalue weighted by atomic mass is 10.1. The summed E-state index contributed by atoms with van der Waals surface area (Å²) in [5.41, 5.74) is 8.07. The Kier molecular flexibility index (Phi) is 4.18. The summed E-state index contributed by atoms with van der Waals surface area (Å²) in [6, 6.07) is 14.6. The molecule has 4 heteroatoms. The van der Waals surface area contributed by atoms with E-state index in [2.05, 4.69) is 47.5 Å². The third-order valence-electron chi connectivity index (χ3n) is 3.61. The molecule has 0 radical (unpaired) electrons. The topological polar surface area (TPSA) is 42.2 Å². The second kappa shape index (κ2) is 6.24. The zero-order chi connectivity index (χ0) is 14.7. The SMILES string of the molecule is CCN(Cc1cccs1)c1nc2ccccc2cc1CN. The molecule has 3 rings (SSSR count). The summed E-state index contributed by atoms with van der Waals surface area (Å²) in [6.07, 6.45) is 0. The molecule has 0 saturated heterocycles. The molecule has 2 N–H and O–H groups in total. The zero-order valence-electron chi connectivity index (χ0n) is 12.1. The average molecular weight is 297 g/mol. The van der Waals surface area contributed by atoms with Crippen LogP contribution in [0.3, 0.4) is 0 Å². The van der Waals surface area contributed by atoms with Gasteiger partial charge in [-0.15, -0.1) is 11.3 Å². The highest BCUT2D eigenvalue weighted by Crippen LogP contribution is 2.25. The Labute approximate surface area is 129 Å². The number of hydrogen-bond donors (Lipinski definition) is 1. The summed E-state index contributed by atoms with van der Waals surface area (Å²) < 4.78 is 0. The van der Waals surface area contributed by atoms with E-state index < -0.39 is 0 Å². The molecule has 0 spiro atoms. The first-order valence-corrected chi connectivity index (χ1v) is 8.06. The minimum Gasteiger partial charge on any atom is -0.351 e. The second-order valence-electron chi connectivity index (χ2n) is 4.96. The fraction of sp³-hybridized carbons (Fsp3) is 0.235. The molecule has 0 fully saturated rings. The molecule has 1 aromatic carbocycles. The minimum atomic E-state index is 0.508. The number of hydrogen-bond acceptors (Lipinski definition) is 4. The summed E-state index contributed by atoms with van der Waals surface area (Å²) in [6.45, 7) is 4.46. The third kappa shape index (κ3) is 2.91. The van der Waals surface area contributed by atoms with Gasteiger partial charge in [0.05, 0.1) is 12.1 Å². The van der Waals surface area contributed by atoms with Crippen LogP contribution in [0, 0.1) is 0 Å². The van der Waals surface area contributed by atoms with Crippen molar-refractivity contribution in [1.82, 2.24) is 4.98 Å². The van der Waals surface area contributed by atoms with Crippen molar-refractivity contribution in [3.05, 3.63) is 58.3 Å². The van der Waals surface area contributed by atoms with E-state index >= 15 is 0 Å². The van der Waals surface area contributed by atoms with Crippen LogP contribution in [0.25, 0.3) is 10.9 Å². The van der Waals surface area contributed by atoms with Crippen LogP contribution in [0.1, 0.15) is 17.4 Å². The zero-order valence-corrected chi connectivity index (χ0v) is 12.9. The second-order valence-corrected chi connectivity index (χ2v) is 5.99. The number of thiophene rings is 1. The number of benzene rings is 1. The van der Waals surface area contributed by atoms with Crippen molar-refractivity contribution in [1.29, 1.82) is 0 Å². The van der Waals surface area contributed by atoms with Crippen molar-refractivity contribution in [2.45, 2.75) is 20.0 Å². The Hall–Kier alpha value is -1.91. The van der Waals surface area contributed by atoms with Crippen LogP contribution in [-0.4, -0.2) is 11.5 Å². The van der Waals surface area contributed by atoms with E-state index in [1.54, 1.807) is 11.3 Å². The van der Waals surface area contributed by atoms with E-state index in [4.69, 9.17) is 10.7 Å². The van der Waals surface area contributed by atoms with Gasteiger partial charge in [-0.2, -0.15) is 0 Å². The van der Waals surface area contributed by atoms with E-state index in [1.807, 2.05) is 12.1 Å². The molecule has 2 heterocycles. The van der Waals surface area contributed by atoms with Crippen LogP contribution in [0.5, 0.6) is 0 Å². The summed E-state index contributed by atoms with van der Waals surface area (Å²) in [4.78, 5) is 8.48. The molecule has 21 heavy (non-hydrogen) atoms. The molecule has 108 valence electrons. The Morgan fingerprint density at radius 1 is 1.19 bits per heavy atom. The predicted octanol–water partition coefficient (Wildman–Crippen LogP) is 3.78. The fourth-order valence-electron chi connectivity index (χ4n) is 2.50. The van der Waals surface area contributed by atoms with Gasteiger partial charge in [0.25, 0.3) is 0 Å². The van der Waals surface area contributed by atoms with Crippen molar-refractivity contribution >= 4 is 28.1 Å². The summed E-state index contributed by atoms with van der Waals surface area (Å²) >= 11 is 1.78. The number of aromatic nitrogens is 1. The molecule has 0 amide bonds. The average Bonchev–Trinajstić information content (AvgIpc) is 3.04. The molecule has 0 saturated carbocycles. The minimum absolute atomic E-state index is 0.508. The van der Waals surface area contributed by atoms with Crippen LogP contribution < -0.4 is 10.6 Å². The molecular formula is C17H19N3S. The van der Waals surface area contributed by atoms with Crippen molar-refractivity contribution in [2.75, 3.05) is 11.4 Å². The van der Waals surface area contributed by atoms with E-state index in [0.29, 0.717) is 6.54 Å². The normalized spacial score (nSPS) is 11.0. The van der Waals surface area contributed by atoms with Crippen LogP contribution >= 0.6 is 11.3 Å². The third-order valence-corrected chi connectivity index (χ3v) is 4.47. The fourth-order valence-corrected chi connectivity index (χ4v) is 3.22. The maximum absolute atomic E-state index is 5.94. The van der Waals surface area contributed by atoms with Crippen LogP contribution in [0.4, 0.5) is 5.82 Å². The van der Waals surface area contributed by atoms with Gasteiger partial charge in [0.1, 0.15) is 5.82 Å². The highest BCUT2D eigenvalue weighted by molar-refractivity contribution is 7.09. The summed E-state index contributed by atoms with van der Waals surface area (Å²) in [5.74, 6) is 1.01. The van der Waals surface area contributed by atoms with Gasteiger partial charge < -0.3 is 10.6 Å². The predicted molar refractivity (Wildman–Crippen MR) is 90.7 cm³/mol. The first-order chi connectivity index (χ1) is 10.3. The highest BCUT2D eigenvalue weighted by Gasteiger charge is 2.13. The number of pyridine rings is 1. The molecule has 0 aliphatic rings. The van der Waals surface area contributed by atoms with Gasteiger partial charge in [-0.3, -0.25) is 0 Å². The monoisotopic (exact) mass is 297 g/mol. The highest BCUT2D eigenvalue weighted by atomic mass is 32.1. The Balaban J connectivity index is 2.03. The van der Waals surface area contributed by atoms with E-state index in [-0.39, 0.29) is 0 Å². The number of nitrogens with two attached hydrogens (primary N) is 1. The molecule has 0 aliphatic carbocycles. The lowest BCUT2D eigenvalue weighted by Gasteiger charge is -2.24. The Bertz CT molecular complexity index is 722. The van der Waals surface area contributed by atoms with Crippen LogP contribution in [0.2, 0.25) is 0 Å². The largest absolute Gasteiger partial charge is 0.351 e. The van der Waals surface area contributed by atoms with Gasteiger partial charge in [0, 0.05) is 28.9 Å². The van der Waals surface area contributed by atoms with Crippen molar-refractivity contribution in [2.24, 2.45) is 5.73 Å². The number of fused-ring (bicyclic) bond motifs is 1. The number of rotatable bonds is 5. The maximum Gasteiger partial charge on any atom is 0.134 e. The van der Waals surface area contributed by atoms with Gasteiger partial charge in [-0.05, 0) is 30.5 Å². The molecule has 3 aromatic rings. The van der Waals surface area contributed by atoms with E-state index in [0.717, 1.165) is 35.4 Å². The molecular weight excluding hydrogens is 278 g/mol. The van der Waals surface area contributed by atoms with Crippen molar-refractivity contribution < 1.29 is 0 Å². The van der Waals surface area contributed by atoms with Gasteiger partial charge in [0.2, 0.25) is 0 Å². The first-order valence-electron chi connectivity index (χ1n) is 7.18. The molecule has 0 aliphatic heterocycles. The molecule has 3 nitrogen and oxygen atoms in total. The lowest BCUT2D eigenvalue weighted by Crippen LogP contribution is -2.24. The Morgan fingerprint density at radius 3 is 2.76 bits per heavy atom. The van der Waals surface area contributed by atoms with Gasteiger partial charge >= 0.3 is 0 Å². The quantitative estimate of drug-likeness (QED) is 0.779. The maximum atomic E-state index is 5.94. The van der Waals surface area contributed by atoms with Gasteiger partial charge in [-0.25, -0.2) is 4.98 Å². The molecule has 0 bridgehead atoms. The molecule has 0 atom stereocenters.